The number of halogens is 2. The lowest BCUT2D eigenvalue weighted by molar-refractivity contribution is 0.608. The monoisotopic (exact) mass is 339 g/mol. The average molecular weight is 340 g/mol. The van der Waals surface area contributed by atoms with Gasteiger partial charge in [-0.1, -0.05) is 12.1 Å². The number of hydrazine groups is 1. The molecule has 0 amide bonds. The Bertz CT molecular complexity index is 609. The van der Waals surface area contributed by atoms with Crippen molar-refractivity contribution in [2.45, 2.75) is 20.4 Å². The van der Waals surface area contributed by atoms with E-state index in [1.165, 1.54) is 0 Å². The lowest BCUT2D eigenvalue weighted by Crippen LogP contribution is -2.12. The Morgan fingerprint density at radius 2 is 1.95 bits per heavy atom. The molecule has 1 aromatic carbocycles. The number of benzene rings is 1. The molecule has 0 radical (unpaired) electrons. The van der Waals surface area contributed by atoms with Gasteiger partial charge in [-0.2, -0.15) is 4.98 Å². The van der Waals surface area contributed by atoms with Crippen LogP contribution in [0.25, 0.3) is 0 Å². The van der Waals surface area contributed by atoms with E-state index in [2.05, 4.69) is 36.6 Å². The molecule has 5 nitrogen and oxygen atoms in total. The van der Waals surface area contributed by atoms with Crippen molar-refractivity contribution in [3.05, 3.63) is 45.3 Å². The third-order valence-corrected chi connectivity index (χ3v) is 3.41. The van der Waals surface area contributed by atoms with Crippen LogP contribution in [-0.2, 0) is 6.54 Å². The third-order valence-electron chi connectivity index (χ3n) is 2.83. The Morgan fingerprint density at radius 1 is 1.30 bits per heavy atom. The summed E-state index contributed by atoms with van der Waals surface area (Å²) >= 11 is 3.36. The van der Waals surface area contributed by atoms with E-state index in [1.54, 1.807) is 20.0 Å². The number of nitrogen functional groups attached to an aromatic ring is 1. The molecule has 2 rings (SSSR count). The van der Waals surface area contributed by atoms with Gasteiger partial charge >= 0.3 is 0 Å². The van der Waals surface area contributed by atoms with Crippen LogP contribution >= 0.6 is 15.9 Å². The van der Waals surface area contributed by atoms with Crippen molar-refractivity contribution < 1.29 is 4.39 Å². The molecular weight excluding hydrogens is 325 g/mol. The zero-order chi connectivity index (χ0) is 14.7. The standard InChI is InChI=1S/C13H15BrFN5/c1-7-3-9(4-8(2)11(7)15)5-17-12-10(14)6-18-13(19-12)20-16/h3-4,6H,5,16H2,1-2H3,(H2,17,18,19,20). The molecular formula is C13H15BrFN5. The smallest absolute Gasteiger partial charge is 0.239 e. The van der Waals surface area contributed by atoms with Crippen LogP contribution in [0, 0.1) is 19.7 Å². The van der Waals surface area contributed by atoms with Crippen LogP contribution in [0.1, 0.15) is 16.7 Å². The molecule has 0 unspecified atom stereocenters. The number of aromatic nitrogens is 2. The Labute approximate surface area is 124 Å². The number of nitrogens with zero attached hydrogens (tertiary/aromatic N) is 2. The molecule has 1 aromatic heterocycles. The lowest BCUT2D eigenvalue weighted by Gasteiger charge is -2.10. The highest BCUT2D eigenvalue weighted by atomic mass is 79.9. The first-order chi connectivity index (χ1) is 9.51. The van der Waals surface area contributed by atoms with E-state index in [-0.39, 0.29) is 5.82 Å². The zero-order valence-corrected chi connectivity index (χ0v) is 12.8. The van der Waals surface area contributed by atoms with Crippen LogP contribution in [0.5, 0.6) is 0 Å². The molecule has 0 saturated heterocycles. The van der Waals surface area contributed by atoms with Gasteiger partial charge in [-0.05, 0) is 46.5 Å². The number of rotatable bonds is 4. The first-order valence-electron chi connectivity index (χ1n) is 6.00. The predicted molar refractivity (Wildman–Crippen MR) is 80.7 cm³/mol. The van der Waals surface area contributed by atoms with Crippen molar-refractivity contribution in [3.63, 3.8) is 0 Å². The Morgan fingerprint density at radius 3 is 2.55 bits per heavy atom. The maximum atomic E-state index is 13.6. The van der Waals surface area contributed by atoms with Gasteiger partial charge in [-0.25, -0.2) is 15.2 Å². The molecule has 106 valence electrons. The van der Waals surface area contributed by atoms with Gasteiger partial charge in [0.2, 0.25) is 5.95 Å². The molecule has 20 heavy (non-hydrogen) atoms. The number of hydrogen-bond acceptors (Lipinski definition) is 5. The normalized spacial score (nSPS) is 10.4. The summed E-state index contributed by atoms with van der Waals surface area (Å²) < 4.78 is 14.3. The molecule has 0 aliphatic heterocycles. The summed E-state index contributed by atoms with van der Waals surface area (Å²) in [6, 6.07) is 3.62. The van der Waals surface area contributed by atoms with Crippen LogP contribution in [0.2, 0.25) is 0 Å². The number of nitrogens with two attached hydrogens (primary N) is 1. The van der Waals surface area contributed by atoms with Gasteiger partial charge in [0.15, 0.2) is 0 Å². The fourth-order valence-electron chi connectivity index (χ4n) is 1.88. The largest absolute Gasteiger partial charge is 0.365 e. The van der Waals surface area contributed by atoms with Crippen LogP contribution < -0.4 is 16.6 Å². The molecule has 0 saturated carbocycles. The number of aryl methyl sites for hydroxylation is 2. The Hall–Kier alpha value is -1.73. The second-order valence-corrected chi connectivity index (χ2v) is 5.29. The summed E-state index contributed by atoms with van der Waals surface area (Å²) in [5.74, 6) is 6.05. The summed E-state index contributed by atoms with van der Waals surface area (Å²) in [6.07, 6.45) is 1.60. The molecule has 4 N–H and O–H groups in total. The first-order valence-corrected chi connectivity index (χ1v) is 6.79. The molecule has 1 heterocycles. The van der Waals surface area contributed by atoms with Crippen molar-refractivity contribution in [1.29, 1.82) is 0 Å². The molecule has 0 aliphatic carbocycles. The van der Waals surface area contributed by atoms with E-state index in [1.807, 2.05) is 12.1 Å². The maximum Gasteiger partial charge on any atom is 0.239 e. The van der Waals surface area contributed by atoms with Gasteiger partial charge in [0, 0.05) is 12.7 Å². The van der Waals surface area contributed by atoms with Crippen molar-refractivity contribution >= 4 is 27.7 Å². The van der Waals surface area contributed by atoms with Gasteiger partial charge in [0.25, 0.3) is 0 Å². The SMILES string of the molecule is Cc1cc(CNc2nc(NN)ncc2Br)cc(C)c1F. The molecule has 0 aliphatic rings. The third kappa shape index (κ3) is 3.23. The topological polar surface area (TPSA) is 75.9 Å². The first kappa shape index (κ1) is 14.7. The second kappa shape index (κ2) is 6.15. The minimum atomic E-state index is -0.161. The van der Waals surface area contributed by atoms with E-state index >= 15 is 0 Å². The Balaban J connectivity index is 2.16. The quantitative estimate of drug-likeness (QED) is 0.589. The van der Waals surface area contributed by atoms with E-state index in [0.29, 0.717) is 29.4 Å². The highest BCUT2D eigenvalue weighted by Gasteiger charge is 2.07. The molecule has 2 aromatic rings. The van der Waals surface area contributed by atoms with E-state index in [9.17, 15) is 4.39 Å². The number of hydrogen-bond donors (Lipinski definition) is 3. The van der Waals surface area contributed by atoms with Crippen molar-refractivity contribution in [2.75, 3.05) is 10.7 Å². The molecule has 0 spiro atoms. The van der Waals surface area contributed by atoms with Gasteiger partial charge in [0.1, 0.15) is 11.6 Å². The fraction of sp³-hybridized carbons (Fsp3) is 0.231. The lowest BCUT2D eigenvalue weighted by atomic mass is 10.1. The van der Waals surface area contributed by atoms with E-state index < -0.39 is 0 Å². The second-order valence-electron chi connectivity index (χ2n) is 4.43. The van der Waals surface area contributed by atoms with Gasteiger partial charge in [-0.15, -0.1) is 0 Å². The summed E-state index contributed by atoms with van der Waals surface area (Å²) in [6.45, 7) is 4.04. The number of nitrogens with one attached hydrogen (secondary N) is 2. The van der Waals surface area contributed by atoms with Crippen LogP contribution in [0.3, 0.4) is 0 Å². The average Bonchev–Trinajstić information content (AvgIpc) is 2.43. The van der Waals surface area contributed by atoms with Crippen molar-refractivity contribution in [2.24, 2.45) is 5.84 Å². The highest BCUT2D eigenvalue weighted by molar-refractivity contribution is 9.10. The minimum absolute atomic E-state index is 0.161. The summed E-state index contributed by atoms with van der Waals surface area (Å²) in [5.41, 5.74) is 4.63. The van der Waals surface area contributed by atoms with Crippen LogP contribution in [-0.4, -0.2) is 9.97 Å². The number of anilines is 2. The molecule has 0 fully saturated rings. The summed E-state index contributed by atoms with van der Waals surface area (Å²) in [7, 11) is 0. The van der Waals surface area contributed by atoms with Gasteiger partial charge in [0.05, 0.1) is 4.47 Å². The highest BCUT2D eigenvalue weighted by Crippen LogP contribution is 2.21. The molecule has 7 heteroatoms. The molecule has 0 bridgehead atoms. The van der Waals surface area contributed by atoms with E-state index in [4.69, 9.17) is 5.84 Å². The minimum Gasteiger partial charge on any atom is -0.365 e. The van der Waals surface area contributed by atoms with Crippen LogP contribution in [0.15, 0.2) is 22.8 Å². The Kier molecular flexibility index (Phi) is 4.51. The van der Waals surface area contributed by atoms with Crippen molar-refractivity contribution in [1.82, 2.24) is 9.97 Å². The van der Waals surface area contributed by atoms with Crippen LogP contribution in [0.4, 0.5) is 16.2 Å². The summed E-state index contributed by atoms with van der Waals surface area (Å²) in [4.78, 5) is 8.16. The fourth-order valence-corrected chi connectivity index (χ4v) is 2.22. The van der Waals surface area contributed by atoms with E-state index in [0.717, 1.165) is 10.0 Å². The van der Waals surface area contributed by atoms with Gasteiger partial charge < -0.3 is 5.32 Å². The van der Waals surface area contributed by atoms with Crippen molar-refractivity contribution in [3.8, 4) is 0 Å². The molecule has 0 atom stereocenters. The summed E-state index contributed by atoms with van der Waals surface area (Å²) in [5, 5.41) is 3.16. The maximum absolute atomic E-state index is 13.6. The van der Waals surface area contributed by atoms with Gasteiger partial charge in [-0.3, -0.25) is 5.43 Å². The predicted octanol–water partition coefficient (Wildman–Crippen LogP) is 2.89. The zero-order valence-electron chi connectivity index (χ0n) is 11.2.